The molecule has 0 saturated carbocycles. The van der Waals surface area contributed by atoms with Gasteiger partial charge in [0.25, 0.3) is 0 Å². The molecule has 6 aromatic carbocycles. The van der Waals surface area contributed by atoms with Crippen molar-refractivity contribution in [2.75, 3.05) is 0 Å². The SMILES string of the molecule is CC#N.[I-].c1ccc(P2(c3ccccc3)=P[P+](c3ccccc3)(c3ccccc3)c3cccc4cccc2c34)cc1. The van der Waals surface area contributed by atoms with Crippen LogP contribution >= 0.6 is 21.1 Å². The third-order valence-electron chi connectivity index (χ3n) is 7.35. The molecule has 0 unspecified atom stereocenters. The van der Waals surface area contributed by atoms with Gasteiger partial charge in [0.15, 0.2) is 6.95 Å². The highest BCUT2D eigenvalue weighted by molar-refractivity contribution is 8.56. The molecule has 1 nitrogen and oxygen atoms in total. The van der Waals surface area contributed by atoms with Crippen LogP contribution in [0.5, 0.6) is 0 Å². The summed E-state index contributed by atoms with van der Waals surface area (Å²) in [6.07, 6.45) is 0. The van der Waals surface area contributed by atoms with Crippen LogP contribution in [0.25, 0.3) is 10.8 Å². The fourth-order valence-corrected chi connectivity index (χ4v) is 27.4. The first-order valence-electron chi connectivity index (χ1n) is 13.3. The Labute approximate surface area is 262 Å². The third kappa shape index (κ3) is 5.01. The molecule has 6 aromatic rings. The summed E-state index contributed by atoms with van der Waals surface area (Å²) in [6, 6.07) is 61.2. The van der Waals surface area contributed by atoms with Gasteiger partial charge in [0.1, 0.15) is 23.5 Å². The summed E-state index contributed by atoms with van der Waals surface area (Å²) in [4.78, 5) is 0. The highest BCUT2D eigenvalue weighted by atomic mass is 127. The Balaban J connectivity index is 0.000000810. The quantitative estimate of drug-likeness (QED) is 0.193. The molecule has 0 saturated heterocycles. The molecule has 0 atom stereocenters. The summed E-state index contributed by atoms with van der Waals surface area (Å²) in [5, 5.41) is 19.0. The van der Waals surface area contributed by atoms with Crippen LogP contribution in [0.4, 0.5) is 0 Å². The van der Waals surface area contributed by atoms with Gasteiger partial charge in [0, 0.05) is 24.2 Å². The highest BCUT2D eigenvalue weighted by Crippen LogP contribution is 2.79. The van der Waals surface area contributed by atoms with Crippen LogP contribution in [-0.2, 0) is 0 Å². The van der Waals surface area contributed by atoms with Gasteiger partial charge in [-0.1, -0.05) is 127 Å². The number of nitriles is 1. The van der Waals surface area contributed by atoms with Gasteiger partial charge in [-0.2, -0.15) is 5.26 Å². The maximum absolute atomic E-state index is 7.32. The Morgan fingerprint density at radius 3 is 1.44 bits per heavy atom. The molecule has 1 heterocycles. The van der Waals surface area contributed by atoms with Crippen molar-refractivity contribution in [3.8, 4) is 6.07 Å². The van der Waals surface area contributed by atoms with Gasteiger partial charge in [0.2, 0.25) is 0 Å². The minimum atomic E-state index is -2.03. The minimum absolute atomic E-state index is 0. The molecule has 5 heteroatoms. The van der Waals surface area contributed by atoms with Crippen LogP contribution < -0.4 is 55.8 Å². The lowest BCUT2D eigenvalue weighted by Crippen LogP contribution is -3.00. The van der Waals surface area contributed by atoms with Gasteiger partial charge in [0.05, 0.1) is 6.07 Å². The molecular weight excluding hydrogens is 666 g/mol. The Bertz CT molecular complexity index is 1780. The smallest absolute Gasteiger partial charge is 0.161 e. The van der Waals surface area contributed by atoms with Crippen LogP contribution in [0.15, 0.2) is 158 Å². The lowest BCUT2D eigenvalue weighted by molar-refractivity contribution is -0.00000773. The lowest BCUT2D eigenvalue weighted by Gasteiger charge is -2.36. The van der Waals surface area contributed by atoms with Crippen LogP contribution in [0.1, 0.15) is 6.92 Å². The summed E-state index contributed by atoms with van der Waals surface area (Å²) in [5.74, 6) is 0. The van der Waals surface area contributed by atoms with E-state index >= 15 is 0 Å². The molecule has 7 rings (SSSR count). The molecular formula is C36H29INP3. The number of hydrogen-bond donors (Lipinski definition) is 0. The number of halogens is 1. The standard InChI is InChI=1S/C34H26P3.C2H3N.HI/c1-5-17-28(18-6-1)36(29-19-7-2-8-20-29)32-25-13-15-27-16-14-26-33(34(27)32)37(35-36,30-21-9-3-10-22-30)31-23-11-4-12-24-31;1-2-3;/h1-26H;1H3;1H/q+1;;/p-1. The van der Waals surface area contributed by atoms with Crippen LogP contribution in [0.3, 0.4) is 0 Å². The predicted molar refractivity (Wildman–Crippen MR) is 180 cm³/mol. The second kappa shape index (κ2) is 12.9. The van der Waals surface area contributed by atoms with E-state index < -0.39 is 13.5 Å². The van der Waals surface area contributed by atoms with Crippen molar-refractivity contribution in [2.24, 2.45) is 0 Å². The van der Waals surface area contributed by atoms with Crippen molar-refractivity contribution in [3.05, 3.63) is 158 Å². The second-order valence-corrected chi connectivity index (χ2v) is 21.1. The Kier molecular flexibility index (Phi) is 9.24. The Morgan fingerprint density at radius 1 is 0.561 bits per heavy atom. The highest BCUT2D eigenvalue weighted by Gasteiger charge is 2.53. The summed E-state index contributed by atoms with van der Waals surface area (Å²) >= 11 is 0. The maximum Gasteiger partial charge on any atom is 0.161 e. The zero-order valence-electron chi connectivity index (χ0n) is 22.7. The van der Waals surface area contributed by atoms with E-state index in [1.54, 1.807) is 6.07 Å². The topological polar surface area (TPSA) is 23.8 Å². The number of benzene rings is 6. The normalized spacial score (nSPS) is 14.2. The summed E-state index contributed by atoms with van der Waals surface area (Å²) in [7, 11) is 1.51. The number of rotatable bonds is 4. The van der Waals surface area contributed by atoms with E-state index in [2.05, 4.69) is 158 Å². The number of hydrogen-bond acceptors (Lipinski definition) is 1. The van der Waals surface area contributed by atoms with E-state index in [4.69, 9.17) is 5.26 Å². The summed E-state index contributed by atoms with van der Waals surface area (Å²) in [5.41, 5.74) is 0. The molecule has 0 fully saturated rings. The van der Waals surface area contributed by atoms with Gasteiger partial charge in [-0.15, -0.1) is 0 Å². The molecule has 0 N–H and O–H groups in total. The van der Waals surface area contributed by atoms with E-state index in [1.807, 2.05) is 0 Å². The Hall–Kier alpha value is -3.04. The largest absolute Gasteiger partial charge is 1.00 e. The molecule has 0 aromatic heterocycles. The molecule has 41 heavy (non-hydrogen) atoms. The van der Waals surface area contributed by atoms with Crippen molar-refractivity contribution < 1.29 is 24.0 Å². The molecule has 0 radical (unpaired) electrons. The maximum atomic E-state index is 7.32. The monoisotopic (exact) mass is 695 g/mol. The zero-order valence-corrected chi connectivity index (χ0v) is 27.5. The first-order valence-corrected chi connectivity index (χ1v) is 19.2. The van der Waals surface area contributed by atoms with E-state index in [1.165, 1.54) is 57.1 Å². The number of nitrogens with zero attached hydrogens (tertiary/aromatic N) is 1. The molecule has 0 spiro atoms. The first-order chi connectivity index (χ1) is 19.8. The molecule has 0 aliphatic carbocycles. The van der Waals surface area contributed by atoms with Crippen molar-refractivity contribution >= 4 is 63.7 Å². The fraction of sp³-hybridized carbons (Fsp3) is 0.0278. The van der Waals surface area contributed by atoms with Gasteiger partial charge in [-0.25, -0.2) is 0 Å². The van der Waals surface area contributed by atoms with Crippen LogP contribution in [0, 0.1) is 11.3 Å². The summed E-state index contributed by atoms with van der Waals surface area (Å²) < 4.78 is 0. The minimum Gasteiger partial charge on any atom is -1.00 e. The average Bonchev–Trinajstić information content (AvgIpc) is 3.04. The first kappa shape index (κ1) is 29.5. The second-order valence-electron chi connectivity index (χ2n) is 9.58. The summed E-state index contributed by atoms with van der Waals surface area (Å²) in [6.45, 7) is -2.64. The van der Waals surface area contributed by atoms with E-state index in [-0.39, 0.29) is 24.0 Å². The Morgan fingerprint density at radius 2 is 0.976 bits per heavy atom. The molecule has 200 valence electrons. The van der Waals surface area contributed by atoms with Crippen LogP contribution in [-0.4, -0.2) is 0 Å². The van der Waals surface area contributed by atoms with E-state index in [0.717, 1.165) is 0 Å². The van der Waals surface area contributed by atoms with Gasteiger partial charge in [-0.3, -0.25) is 0 Å². The molecule has 1 aliphatic heterocycles. The van der Waals surface area contributed by atoms with Crippen molar-refractivity contribution in [1.82, 2.24) is 0 Å². The fourth-order valence-electron chi connectivity index (χ4n) is 5.77. The predicted octanol–water partition coefficient (Wildman–Crippen LogP) is 4.75. The van der Waals surface area contributed by atoms with E-state index in [9.17, 15) is 0 Å². The van der Waals surface area contributed by atoms with Crippen LogP contribution in [0.2, 0.25) is 0 Å². The van der Waals surface area contributed by atoms with Gasteiger partial charge in [-0.05, 0) is 46.3 Å². The van der Waals surface area contributed by atoms with Gasteiger partial charge >= 0.3 is 0 Å². The molecule has 0 bridgehead atoms. The van der Waals surface area contributed by atoms with Crippen molar-refractivity contribution in [3.63, 3.8) is 0 Å². The van der Waals surface area contributed by atoms with Gasteiger partial charge < -0.3 is 24.0 Å². The van der Waals surface area contributed by atoms with E-state index in [0.29, 0.717) is 0 Å². The van der Waals surface area contributed by atoms with Crippen molar-refractivity contribution in [1.29, 1.82) is 5.26 Å². The molecule has 0 amide bonds. The van der Waals surface area contributed by atoms with Crippen molar-refractivity contribution in [2.45, 2.75) is 6.92 Å². The lowest BCUT2D eigenvalue weighted by atomic mass is 10.1. The molecule has 1 aliphatic rings. The third-order valence-corrected chi connectivity index (χ3v) is 24.7. The average molecular weight is 695 g/mol. The zero-order chi connectivity index (χ0) is 27.4.